The van der Waals surface area contributed by atoms with Crippen LogP contribution in [0.3, 0.4) is 0 Å². The fraction of sp³-hybridized carbons (Fsp3) is 0.474. The van der Waals surface area contributed by atoms with E-state index in [0.717, 1.165) is 21.9 Å². The van der Waals surface area contributed by atoms with Gasteiger partial charge in [-0.05, 0) is 51.3 Å². The quantitative estimate of drug-likeness (QED) is 0.623. The second kappa shape index (κ2) is 7.88. The molecule has 0 saturated heterocycles. The summed E-state index contributed by atoms with van der Waals surface area (Å²) in [6, 6.07) is 7.64. The van der Waals surface area contributed by atoms with E-state index in [9.17, 15) is 13.0 Å². The molecule has 0 bridgehead atoms. The second-order valence-electron chi connectivity index (χ2n) is 7.06. The second-order valence-corrected chi connectivity index (χ2v) is 8.41. The van der Waals surface area contributed by atoms with Crippen molar-refractivity contribution in [1.29, 1.82) is 0 Å². The van der Waals surface area contributed by atoms with Gasteiger partial charge in [-0.2, -0.15) is 0 Å². The first-order chi connectivity index (χ1) is 10.6. The Balaban J connectivity index is 0.00000288. The Morgan fingerprint density at radius 2 is 1.38 bits per heavy atom. The molecule has 0 N–H and O–H groups in total. The van der Waals surface area contributed by atoms with E-state index in [-0.39, 0.29) is 52.2 Å². The predicted octanol–water partition coefficient (Wildman–Crippen LogP) is 2.12. The van der Waals surface area contributed by atoms with Crippen molar-refractivity contribution < 1.29 is 42.5 Å². The van der Waals surface area contributed by atoms with Gasteiger partial charge in [0.2, 0.25) is 0 Å². The molecule has 0 heterocycles. The van der Waals surface area contributed by atoms with Crippen molar-refractivity contribution in [2.45, 2.75) is 64.2 Å². The van der Waals surface area contributed by atoms with Crippen LogP contribution in [0.15, 0.2) is 29.2 Å². The van der Waals surface area contributed by atoms with Gasteiger partial charge in [-0.1, -0.05) is 59.7 Å². The molecule has 0 unspecified atom stereocenters. The molecule has 126 valence electrons. The van der Waals surface area contributed by atoms with E-state index < -0.39 is 10.1 Å². The first-order valence-electron chi connectivity index (χ1n) is 8.11. The summed E-state index contributed by atoms with van der Waals surface area (Å²) in [4.78, 5) is -0.0585. The molecule has 0 aromatic heterocycles. The van der Waals surface area contributed by atoms with Crippen LogP contribution < -0.4 is 29.6 Å². The summed E-state index contributed by atoms with van der Waals surface area (Å²) in [6.07, 6.45) is 0. The average Bonchev–Trinajstić information content (AvgIpc) is 2.42. The Hall–Kier alpha value is -0.390. The summed E-state index contributed by atoms with van der Waals surface area (Å²) in [5.41, 5.74) is 2.72. The van der Waals surface area contributed by atoms with Crippen molar-refractivity contribution in [2.75, 3.05) is 0 Å². The van der Waals surface area contributed by atoms with Crippen LogP contribution in [-0.4, -0.2) is 13.0 Å². The minimum absolute atomic E-state index is 0. The monoisotopic (exact) mass is 356 g/mol. The molecule has 0 fully saturated rings. The molecule has 2 aromatic rings. The summed E-state index contributed by atoms with van der Waals surface area (Å²) in [5.74, 6) is 0.364. The number of hydrogen-bond acceptors (Lipinski definition) is 3. The fourth-order valence-electron chi connectivity index (χ4n) is 3.39. The predicted molar refractivity (Wildman–Crippen MR) is 94.2 cm³/mol. The Bertz CT molecular complexity index is 837. The molecule has 0 aliphatic rings. The van der Waals surface area contributed by atoms with E-state index in [4.69, 9.17) is 0 Å². The Labute approximate surface area is 167 Å². The zero-order valence-electron chi connectivity index (χ0n) is 15.7. The van der Waals surface area contributed by atoms with Crippen LogP contribution in [-0.2, 0) is 10.1 Å². The van der Waals surface area contributed by atoms with Crippen molar-refractivity contribution in [3.63, 3.8) is 0 Å². The largest absolute Gasteiger partial charge is 1.00 e. The zero-order chi connectivity index (χ0) is 17.5. The molecule has 0 amide bonds. The van der Waals surface area contributed by atoms with Gasteiger partial charge in [0.1, 0.15) is 10.1 Å². The van der Waals surface area contributed by atoms with Gasteiger partial charge in [-0.25, -0.2) is 8.42 Å². The molecule has 24 heavy (non-hydrogen) atoms. The summed E-state index contributed by atoms with van der Waals surface area (Å²) >= 11 is 0. The molecule has 0 radical (unpaired) electrons. The molecule has 2 rings (SSSR count). The molecule has 0 saturated carbocycles. The average molecular weight is 356 g/mol. The number of hydrogen-bond donors (Lipinski definition) is 0. The van der Waals surface area contributed by atoms with E-state index in [1.54, 1.807) is 6.07 Å². The van der Waals surface area contributed by atoms with Crippen LogP contribution in [0.25, 0.3) is 10.8 Å². The van der Waals surface area contributed by atoms with E-state index in [2.05, 4.69) is 13.8 Å². The molecule has 2 aromatic carbocycles. The Kier molecular flexibility index (Phi) is 7.11. The van der Waals surface area contributed by atoms with Gasteiger partial charge in [-0.15, -0.1) is 0 Å². The summed E-state index contributed by atoms with van der Waals surface area (Å²) < 4.78 is 35.7. The maximum Gasteiger partial charge on any atom is 1.00 e. The van der Waals surface area contributed by atoms with Crippen molar-refractivity contribution in [3.05, 3.63) is 41.0 Å². The first-order valence-corrected chi connectivity index (χ1v) is 9.51. The maximum absolute atomic E-state index is 11.9. The van der Waals surface area contributed by atoms with Crippen LogP contribution in [0.2, 0.25) is 0 Å². The van der Waals surface area contributed by atoms with E-state index >= 15 is 0 Å². The number of benzene rings is 2. The summed E-state index contributed by atoms with van der Waals surface area (Å²) in [6.45, 7) is 12.1. The molecular formula is C19H25NaO3S. The van der Waals surface area contributed by atoms with Crippen LogP contribution in [0, 0.1) is 0 Å². The van der Waals surface area contributed by atoms with Gasteiger partial charge in [0, 0.05) is 0 Å². The molecule has 3 nitrogen and oxygen atoms in total. The van der Waals surface area contributed by atoms with Gasteiger partial charge in [0.05, 0.1) is 4.90 Å². The van der Waals surface area contributed by atoms with Gasteiger partial charge >= 0.3 is 29.6 Å². The molecule has 0 aliphatic carbocycles. The van der Waals surface area contributed by atoms with Gasteiger partial charge in [0.25, 0.3) is 0 Å². The van der Waals surface area contributed by atoms with Gasteiger partial charge < -0.3 is 4.55 Å². The minimum Gasteiger partial charge on any atom is -0.744 e. The molecule has 0 spiro atoms. The van der Waals surface area contributed by atoms with Crippen LogP contribution in [0.4, 0.5) is 0 Å². The third-order valence-corrected chi connectivity index (χ3v) is 5.18. The summed E-state index contributed by atoms with van der Waals surface area (Å²) in [5, 5.41) is 1.94. The third kappa shape index (κ3) is 4.05. The minimum atomic E-state index is -4.52. The standard InChI is InChI=1S/C19H26O3S.Na/c1-11(2)14-8-7-9-15-16(14)10-17(23(20,21)22)19(13(5)6)18(15)12(3)4;/h7-13H,1-6H3,(H,20,21,22);/q;+1/p-1. The summed E-state index contributed by atoms with van der Waals surface area (Å²) in [7, 11) is -4.52. The van der Waals surface area contributed by atoms with E-state index in [0.29, 0.717) is 5.56 Å². The first kappa shape index (κ1) is 21.7. The number of fused-ring (bicyclic) bond motifs is 1. The molecule has 5 heteroatoms. The fourth-order valence-corrected chi connectivity index (χ4v) is 4.27. The van der Waals surface area contributed by atoms with Crippen LogP contribution in [0.5, 0.6) is 0 Å². The number of rotatable bonds is 4. The Morgan fingerprint density at radius 1 is 0.833 bits per heavy atom. The topological polar surface area (TPSA) is 57.2 Å². The van der Waals surface area contributed by atoms with Gasteiger partial charge in [0.15, 0.2) is 0 Å². The smallest absolute Gasteiger partial charge is 0.744 e. The normalized spacial score (nSPS) is 12.2. The van der Waals surface area contributed by atoms with Crippen molar-refractivity contribution in [2.24, 2.45) is 0 Å². The van der Waals surface area contributed by atoms with Crippen molar-refractivity contribution >= 4 is 20.9 Å². The van der Waals surface area contributed by atoms with Crippen LogP contribution in [0.1, 0.15) is 76.0 Å². The maximum atomic E-state index is 11.9. The van der Waals surface area contributed by atoms with Crippen molar-refractivity contribution in [1.82, 2.24) is 0 Å². The zero-order valence-corrected chi connectivity index (χ0v) is 18.5. The molecule has 0 atom stereocenters. The molecular weight excluding hydrogens is 331 g/mol. The van der Waals surface area contributed by atoms with Crippen molar-refractivity contribution in [3.8, 4) is 0 Å². The third-order valence-electron chi connectivity index (χ3n) is 4.31. The van der Waals surface area contributed by atoms with Gasteiger partial charge in [-0.3, -0.25) is 0 Å². The van der Waals surface area contributed by atoms with Crippen LogP contribution >= 0.6 is 0 Å². The Morgan fingerprint density at radius 3 is 1.79 bits per heavy atom. The van der Waals surface area contributed by atoms with E-state index in [1.807, 2.05) is 45.9 Å². The van der Waals surface area contributed by atoms with E-state index in [1.165, 1.54) is 0 Å². The SMILES string of the molecule is CC(C)c1c(S(=O)(=O)[O-])cc2c(C(C)C)cccc2c1C(C)C.[Na+]. The molecule has 0 aliphatic heterocycles.